The van der Waals surface area contributed by atoms with Crippen molar-refractivity contribution in [2.45, 2.75) is 96.3 Å². The molecule has 0 spiro atoms. The monoisotopic (exact) mass is 256 g/mol. The molecule has 0 aliphatic carbocycles. The average Bonchev–Trinajstić information content (AvgIpc) is 2.73. The molecule has 0 bridgehead atoms. The molecule has 1 heterocycles. The van der Waals surface area contributed by atoms with Gasteiger partial charge in [0.2, 0.25) is 0 Å². The smallest absolute Gasteiger partial charge is 0.0206 e. The Kier molecular flexibility index (Phi) is 8.54. The standard InChI is InChI=1S/C16H33P/c1-4-7-10-15-12-13-16(11-8-5-2)17(15)14-9-6-3/h15-16H,4-14H2,1-3H3. The van der Waals surface area contributed by atoms with Gasteiger partial charge in [0.05, 0.1) is 0 Å². The van der Waals surface area contributed by atoms with E-state index in [2.05, 4.69) is 20.8 Å². The predicted octanol–water partition coefficient (Wildman–Crippen LogP) is 6.18. The molecule has 102 valence electrons. The third-order valence-corrected chi connectivity index (χ3v) is 8.06. The summed E-state index contributed by atoms with van der Waals surface area (Å²) in [5.41, 5.74) is 2.30. The molecule has 2 unspecified atom stereocenters. The van der Waals surface area contributed by atoms with Gasteiger partial charge in [0.15, 0.2) is 0 Å². The number of rotatable bonds is 9. The van der Waals surface area contributed by atoms with Crippen LogP contribution in [0.4, 0.5) is 0 Å². The Morgan fingerprint density at radius 3 is 1.65 bits per heavy atom. The Bertz CT molecular complexity index is 162. The highest BCUT2D eigenvalue weighted by Gasteiger charge is 2.33. The van der Waals surface area contributed by atoms with Crippen molar-refractivity contribution in [2.75, 3.05) is 6.16 Å². The van der Waals surface area contributed by atoms with Crippen LogP contribution in [-0.2, 0) is 0 Å². The first-order chi connectivity index (χ1) is 8.33. The lowest BCUT2D eigenvalue weighted by Gasteiger charge is -2.26. The quantitative estimate of drug-likeness (QED) is 0.432. The van der Waals surface area contributed by atoms with Crippen molar-refractivity contribution in [1.29, 1.82) is 0 Å². The molecule has 0 amide bonds. The lowest BCUT2D eigenvalue weighted by Crippen LogP contribution is -2.07. The summed E-state index contributed by atoms with van der Waals surface area (Å²) in [6, 6.07) is 0. The summed E-state index contributed by atoms with van der Waals surface area (Å²) in [4.78, 5) is 0. The van der Waals surface area contributed by atoms with Crippen LogP contribution in [0.15, 0.2) is 0 Å². The molecule has 0 radical (unpaired) electrons. The first-order valence-electron chi connectivity index (χ1n) is 8.09. The van der Waals surface area contributed by atoms with Crippen molar-refractivity contribution in [3.8, 4) is 0 Å². The van der Waals surface area contributed by atoms with Crippen LogP contribution in [0, 0.1) is 0 Å². The molecule has 0 N–H and O–H groups in total. The first-order valence-corrected chi connectivity index (χ1v) is 9.75. The van der Waals surface area contributed by atoms with Gasteiger partial charge in [-0.15, -0.1) is 7.92 Å². The van der Waals surface area contributed by atoms with E-state index in [1.807, 2.05) is 0 Å². The van der Waals surface area contributed by atoms with Gasteiger partial charge in [-0.3, -0.25) is 0 Å². The maximum absolute atomic E-state index is 2.35. The van der Waals surface area contributed by atoms with E-state index >= 15 is 0 Å². The molecular formula is C16H33P. The summed E-state index contributed by atoms with van der Waals surface area (Å²) >= 11 is 0. The summed E-state index contributed by atoms with van der Waals surface area (Å²) in [5.74, 6) is 0. The van der Waals surface area contributed by atoms with Gasteiger partial charge in [-0.2, -0.15) is 0 Å². The minimum atomic E-state index is 0.399. The van der Waals surface area contributed by atoms with Crippen molar-refractivity contribution in [1.82, 2.24) is 0 Å². The van der Waals surface area contributed by atoms with E-state index in [0.29, 0.717) is 7.92 Å². The van der Waals surface area contributed by atoms with Gasteiger partial charge in [-0.05, 0) is 49.6 Å². The highest BCUT2D eigenvalue weighted by atomic mass is 31.1. The second kappa shape index (κ2) is 9.37. The van der Waals surface area contributed by atoms with Gasteiger partial charge in [0.25, 0.3) is 0 Å². The number of unbranched alkanes of at least 4 members (excludes halogenated alkanes) is 3. The maximum atomic E-state index is 2.35. The van der Waals surface area contributed by atoms with Gasteiger partial charge in [0, 0.05) is 0 Å². The Morgan fingerprint density at radius 2 is 1.24 bits per heavy atom. The van der Waals surface area contributed by atoms with E-state index in [4.69, 9.17) is 0 Å². The van der Waals surface area contributed by atoms with Gasteiger partial charge in [0.1, 0.15) is 0 Å². The Morgan fingerprint density at radius 1 is 0.765 bits per heavy atom. The van der Waals surface area contributed by atoms with E-state index in [1.165, 1.54) is 38.5 Å². The SMILES string of the molecule is CCCCC1CCC(CCCC)P1CCCC. The van der Waals surface area contributed by atoms with E-state index in [-0.39, 0.29) is 0 Å². The fourth-order valence-electron chi connectivity index (χ4n) is 3.22. The van der Waals surface area contributed by atoms with Crippen LogP contribution < -0.4 is 0 Å². The molecule has 1 saturated heterocycles. The zero-order valence-electron chi connectivity index (χ0n) is 12.4. The Labute approximate surface area is 111 Å². The summed E-state index contributed by atoms with van der Waals surface area (Å²) in [7, 11) is 0.399. The van der Waals surface area contributed by atoms with Crippen molar-refractivity contribution in [3.05, 3.63) is 0 Å². The molecular weight excluding hydrogens is 223 g/mol. The largest absolute Gasteiger partial charge is 0.100 e. The molecule has 1 aliphatic rings. The van der Waals surface area contributed by atoms with Crippen LogP contribution in [0.2, 0.25) is 0 Å². The van der Waals surface area contributed by atoms with Crippen LogP contribution in [0.3, 0.4) is 0 Å². The molecule has 1 heteroatoms. The topological polar surface area (TPSA) is 0 Å². The fourth-order valence-corrected chi connectivity index (χ4v) is 7.22. The van der Waals surface area contributed by atoms with Crippen LogP contribution in [0.1, 0.15) is 85.0 Å². The normalized spacial score (nSPS) is 28.8. The molecule has 0 aromatic heterocycles. The minimum Gasteiger partial charge on any atom is -0.100 e. The molecule has 1 rings (SSSR count). The van der Waals surface area contributed by atoms with E-state index in [1.54, 1.807) is 31.8 Å². The molecule has 1 aliphatic heterocycles. The number of hydrogen-bond donors (Lipinski definition) is 0. The van der Waals surface area contributed by atoms with E-state index < -0.39 is 0 Å². The molecule has 2 atom stereocenters. The Hall–Kier alpha value is 0.430. The summed E-state index contributed by atoms with van der Waals surface area (Å²) in [6.45, 7) is 7.04. The van der Waals surface area contributed by atoms with E-state index in [0.717, 1.165) is 11.3 Å². The Balaban J connectivity index is 2.41. The van der Waals surface area contributed by atoms with Crippen molar-refractivity contribution < 1.29 is 0 Å². The molecule has 1 fully saturated rings. The van der Waals surface area contributed by atoms with E-state index in [9.17, 15) is 0 Å². The summed E-state index contributed by atoms with van der Waals surface area (Å²) < 4.78 is 0. The van der Waals surface area contributed by atoms with Crippen molar-refractivity contribution in [2.24, 2.45) is 0 Å². The highest BCUT2D eigenvalue weighted by Crippen LogP contribution is 2.59. The average molecular weight is 256 g/mol. The van der Waals surface area contributed by atoms with Crippen molar-refractivity contribution >= 4 is 7.92 Å². The number of hydrogen-bond acceptors (Lipinski definition) is 0. The second-order valence-corrected chi connectivity index (χ2v) is 8.70. The lowest BCUT2D eigenvalue weighted by atomic mass is 10.1. The minimum absolute atomic E-state index is 0.399. The van der Waals surface area contributed by atoms with Crippen LogP contribution in [-0.4, -0.2) is 17.5 Å². The third-order valence-electron chi connectivity index (χ3n) is 4.32. The predicted molar refractivity (Wildman–Crippen MR) is 82.6 cm³/mol. The summed E-state index contributed by atoms with van der Waals surface area (Å²) in [5, 5.41) is 0. The maximum Gasteiger partial charge on any atom is -0.0206 e. The van der Waals surface area contributed by atoms with Crippen LogP contribution in [0.5, 0.6) is 0 Å². The molecule has 0 nitrogen and oxygen atoms in total. The molecule has 0 aromatic carbocycles. The van der Waals surface area contributed by atoms with Crippen molar-refractivity contribution in [3.63, 3.8) is 0 Å². The van der Waals surface area contributed by atoms with Crippen LogP contribution >= 0.6 is 7.92 Å². The summed E-state index contributed by atoms with van der Waals surface area (Å²) in [6.07, 6.45) is 16.5. The molecule has 17 heavy (non-hydrogen) atoms. The van der Waals surface area contributed by atoms with Crippen LogP contribution in [0.25, 0.3) is 0 Å². The van der Waals surface area contributed by atoms with Gasteiger partial charge in [-0.25, -0.2) is 0 Å². The first kappa shape index (κ1) is 15.5. The zero-order chi connectivity index (χ0) is 12.5. The fraction of sp³-hybridized carbons (Fsp3) is 1.00. The zero-order valence-corrected chi connectivity index (χ0v) is 13.3. The molecule has 0 aromatic rings. The second-order valence-electron chi connectivity index (χ2n) is 5.76. The lowest BCUT2D eigenvalue weighted by molar-refractivity contribution is 0.618. The third kappa shape index (κ3) is 5.29. The van der Waals surface area contributed by atoms with Gasteiger partial charge >= 0.3 is 0 Å². The van der Waals surface area contributed by atoms with Gasteiger partial charge in [-0.1, -0.05) is 52.9 Å². The molecule has 0 saturated carbocycles. The highest BCUT2D eigenvalue weighted by molar-refractivity contribution is 7.59. The van der Waals surface area contributed by atoms with Gasteiger partial charge < -0.3 is 0 Å².